The predicted octanol–water partition coefficient (Wildman–Crippen LogP) is 3.93. The van der Waals surface area contributed by atoms with Gasteiger partial charge in [0.15, 0.2) is 0 Å². The second kappa shape index (κ2) is 5.23. The number of anilines is 1. The molecule has 110 valence electrons. The Hall–Kier alpha value is -2.18. The van der Waals surface area contributed by atoms with Crippen molar-refractivity contribution in [2.24, 2.45) is 7.05 Å². The molecule has 0 radical (unpaired) electrons. The average Bonchev–Trinajstić information content (AvgIpc) is 3.20. The van der Waals surface area contributed by atoms with Crippen molar-refractivity contribution in [1.29, 1.82) is 0 Å². The molecular formula is C16H14N4S2. The van der Waals surface area contributed by atoms with Crippen molar-refractivity contribution in [2.45, 2.75) is 6.42 Å². The Labute approximate surface area is 135 Å². The summed E-state index contributed by atoms with van der Waals surface area (Å²) in [4.78, 5) is 6.01. The third kappa shape index (κ3) is 2.20. The fourth-order valence-corrected chi connectivity index (χ4v) is 4.26. The average molecular weight is 326 g/mol. The van der Waals surface area contributed by atoms with Crippen LogP contribution in [0.3, 0.4) is 0 Å². The highest BCUT2D eigenvalue weighted by molar-refractivity contribution is 7.21. The number of aryl methyl sites for hydroxylation is 1. The number of benzene rings is 1. The van der Waals surface area contributed by atoms with Crippen LogP contribution in [0.15, 0.2) is 41.8 Å². The maximum atomic E-state index is 6.26. The van der Waals surface area contributed by atoms with Gasteiger partial charge in [-0.15, -0.1) is 22.7 Å². The van der Waals surface area contributed by atoms with Crippen LogP contribution in [0.5, 0.6) is 0 Å². The minimum absolute atomic E-state index is 0.672. The van der Waals surface area contributed by atoms with Gasteiger partial charge < -0.3 is 5.73 Å². The molecule has 0 aliphatic carbocycles. The number of hydrogen-bond donors (Lipinski definition) is 1. The molecule has 0 saturated heterocycles. The highest BCUT2D eigenvalue weighted by atomic mass is 32.1. The van der Waals surface area contributed by atoms with Crippen molar-refractivity contribution in [3.05, 3.63) is 52.3 Å². The molecule has 3 heterocycles. The number of hydrogen-bond acceptors (Lipinski definition) is 5. The SMILES string of the molecule is Cn1nc(Cc2cccs2)c(-c2nc3ccccc3s2)c1N. The molecule has 4 nitrogen and oxygen atoms in total. The summed E-state index contributed by atoms with van der Waals surface area (Å²) >= 11 is 3.40. The first-order chi connectivity index (χ1) is 10.7. The zero-order chi connectivity index (χ0) is 15.1. The molecule has 4 rings (SSSR count). The zero-order valence-corrected chi connectivity index (χ0v) is 13.6. The molecule has 0 atom stereocenters. The van der Waals surface area contributed by atoms with Crippen molar-refractivity contribution < 1.29 is 0 Å². The summed E-state index contributed by atoms with van der Waals surface area (Å²) in [5.41, 5.74) is 9.22. The van der Waals surface area contributed by atoms with Crippen molar-refractivity contribution in [3.63, 3.8) is 0 Å². The summed E-state index contributed by atoms with van der Waals surface area (Å²) in [6, 6.07) is 12.3. The van der Waals surface area contributed by atoms with Crippen LogP contribution in [-0.4, -0.2) is 14.8 Å². The molecule has 0 aliphatic rings. The van der Waals surface area contributed by atoms with Crippen LogP contribution >= 0.6 is 22.7 Å². The van der Waals surface area contributed by atoms with Crippen molar-refractivity contribution in [2.75, 3.05) is 5.73 Å². The number of nitrogen functional groups attached to an aromatic ring is 1. The predicted molar refractivity (Wildman–Crippen MR) is 93.4 cm³/mol. The molecule has 3 aromatic heterocycles. The highest BCUT2D eigenvalue weighted by Gasteiger charge is 2.19. The summed E-state index contributed by atoms with van der Waals surface area (Å²) in [6.45, 7) is 0. The van der Waals surface area contributed by atoms with E-state index in [1.54, 1.807) is 27.4 Å². The van der Waals surface area contributed by atoms with E-state index in [4.69, 9.17) is 10.7 Å². The Morgan fingerprint density at radius 2 is 2.05 bits per heavy atom. The number of nitrogens with zero attached hydrogens (tertiary/aromatic N) is 3. The first-order valence-electron chi connectivity index (χ1n) is 6.92. The molecule has 0 aliphatic heterocycles. The maximum Gasteiger partial charge on any atom is 0.132 e. The molecular weight excluding hydrogens is 312 g/mol. The van der Waals surface area contributed by atoms with Gasteiger partial charge in [-0.3, -0.25) is 4.68 Å². The van der Waals surface area contributed by atoms with Gasteiger partial charge in [0.05, 0.1) is 21.5 Å². The number of thiophene rings is 1. The summed E-state index contributed by atoms with van der Waals surface area (Å²) in [6.07, 6.45) is 0.786. The Morgan fingerprint density at radius 3 is 2.82 bits per heavy atom. The number of thiazole rings is 1. The Balaban J connectivity index is 1.86. The molecule has 22 heavy (non-hydrogen) atoms. The van der Waals surface area contributed by atoms with Gasteiger partial charge in [-0.2, -0.15) is 5.10 Å². The molecule has 0 saturated carbocycles. The minimum atomic E-state index is 0.672. The lowest BCUT2D eigenvalue weighted by atomic mass is 10.1. The quantitative estimate of drug-likeness (QED) is 0.620. The number of aromatic nitrogens is 3. The van der Waals surface area contributed by atoms with Crippen LogP contribution in [0.2, 0.25) is 0 Å². The van der Waals surface area contributed by atoms with Crippen LogP contribution in [0.25, 0.3) is 20.8 Å². The largest absolute Gasteiger partial charge is 0.383 e. The summed E-state index contributed by atoms with van der Waals surface area (Å²) in [7, 11) is 1.88. The van der Waals surface area contributed by atoms with E-state index < -0.39 is 0 Å². The number of fused-ring (bicyclic) bond motifs is 1. The van der Waals surface area contributed by atoms with E-state index in [2.05, 4.69) is 28.7 Å². The fourth-order valence-electron chi connectivity index (χ4n) is 2.51. The second-order valence-electron chi connectivity index (χ2n) is 5.07. The van der Waals surface area contributed by atoms with E-state index in [1.165, 1.54) is 9.58 Å². The molecule has 4 aromatic rings. The Morgan fingerprint density at radius 1 is 1.18 bits per heavy atom. The molecule has 0 unspecified atom stereocenters. The molecule has 0 bridgehead atoms. The number of nitrogens with two attached hydrogens (primary N) is 1. The van der Waals surface area contributed by atoms with Crippen LogP contribution in [0.4, 0.5) is 5.82 Å². The normalized spacial score (nSPS) is 11.3. The topological polar surface area (TPSA) is 56.7 Å². The van der Waals surface area contributed by atoms with E-state index in [0.717, 1.165) is 28.2 Å². The molecule has 2 N–H and O–H groups in total. The van der Waals surface area contributed by atoms with E-state index >= 15 is 0 Å². The van der Waals surface area contributed by atoms with Gasteiger partial charge in [-0.1, -0.05) is 18.2 Å². The zero-order valence-electron chi connectivity index (χ0n) is 12.0. The minimum Gasteiger partial charge on any atom is -0.383 e. The first kappa shape index (κ1) is 13.5. The maximum absolute atomic E-state index is 6.26. The monoisotopic (exact) mass is 326 g/mol. The molecule has 6 heteroatoms. The van der Waals surface area contributed by atoms with Crippen molar-refractivity contribution >= 4 is 38.7 Å². The van der Waals surface area contributed by atoms with Gasteiger partial charge in [-0.05, 0) is 23.6 Å². The first-order valence-corrected chi connectivity index (χ1v) is 8.61. The summed E-state index contributed by atoms with van der Waals surface area (Å²) in [5.74, 6) is 0.672. The van der Waals surface area contributed by atoms with Gasteiger partial charge >= 0.3 is 0 Å². The Kier molecular flexibility index (Phi) is 3.20. The van der Waals surface area contributed by atoms with E-state index in [-0.39, 0.29) is 0 Å². The van der Waals surface area contributed by atoms with E-state index in [0.29, 0.717) is 5.82 Å². The van der Waals surface area contributed by atoms with Crippen LogP contribution in [0.1, 0.15) is 10.6 Å². The van der Waals surface area contributed by atoms with Gasteiger partial charge in [0.2, 0.25) is 0 Å². The second-order valence-corrected chi connectivity index (χ2v) is 7.14. The fraction of sp³-hybridized carbons (Fsp3) is 0.125. The Bertz CT molecular complexity index is 902. The molecule has 0 spiro atoms. The third-order valence-corrected chi connectivity index (χ3v) is 5.52. The van der Waals surface area contributed by atoms with Gasteiger partial charge in [0, 0.05) is 18.3 Å². The highest BCUT2D eigenvalue weighted by Crippen LogP contribution is 2.36. The molecule has 0 fully saturated rings. The van der Waals surface area contributed by atoms with E-state index in [9.17, 15) is 0 Å². The number of para-hydroxylation sites is 1. The molecule has 1 aromatic carbocycles. The number of rotatable bonds is 3. The summed E-state index contributed by atoms with van der Waals surface area (Å²) < 4.78 is 2.91. The lowest BCUT2D eigenvalue weighted by Gasteiger charge is -1.99. The summed E-state index contributed by atoms with van der Waals surface area (Å²) in [5, 5.41) is 7.62. The van der Waals surface area contributed by atoms with Gasteiger partial charge in [-0.25, -0.2) is 4.98 Å². The lowest BCUT2D eigenvalue weighted by Crippen LogP contribution is -1.97. The van der Waals surface area contributed by atoms with Crippen molar-refractivity contribution in [3.8, 4) is 10.6 Å². The lowest BCUT2D eigenvalue weighted by molar-refractivity contribution is 0.760. The van der Waals surface area contributed by atoms with E-state index in [1.807, 2.05) is 25.2 Å². The van der Waals surface area contributed by atoms with Gasteiger partial charge in [0.1, 0.15) is 10.8 Å². The van der Waals surface area contributed by atoms with Crippen LogP contribution < -0.4 is 5.73 Å². The van der Waals surface area contributed by atoms with Gasteiger partial charge in [0.25, 0.3) is 0 Å². The van der Waals surface area contributed by atoms with Crippen LogP contribution in [-0.2, 0) is 13.5 Å². The smallest absolute Gasteiger partial charge is 0.132 e. The van der Waals surface area contributed by atoms with Crippen molar-refractivity contribution in [1.82, 2.24) is 14.8 Å². The molecule has 0 amide bonds. The van der Waals surface area contributed by atoms with Crippen LogP contribution in [0, 0.1) is 0 Å². The standard InChI is InChI=1S/C16H14N4S2/c1-20-15(17)14(12(19-20)9-10-5-4-8-21-10)16-18-11-6-2-3-7-13(11)22-16/h2-8H,9,17H2,1H3. The third-order valence-electron chi connectivity index (χ3n) is 3.59.